The van der Waals surface area contributed by atoms with Gasteiger partial charge in [-0.15, -0.1) is 0 Å². The molecular formula is C25H23ClN2O4. The number of benzene rings is 3. The van der Waals surface area contributed by atoms with Gasteiger partial charge in [0.15, 0.2) is 11.5 Å². The molecule has 0 bridgehead atoms. The molecule has 6 nitrogen and oxygen atoms in total. The van der Waals surface area contributed by atoms with E-state index in [-0.39, 0.29) is 5.91 Å². The van der Waals surface area contributed by atoms with E-state index in [9.17, 15) is 4.79 Å². The van der Waals surface area contributed by atoms with Crippen LogP contribution in [0.3, 0.4) is 0 Å². The largest absolute Gasteiger partial charge is 0.493 e. The van der Waals surface area contributed by atoms with Crippen LogP contribution in [0.5, 0.6) is 17.2 Å². The summed E-state index contributed by atoms with van der Waals surface area (Å²) in [7, 11) is 1.51. The van der Waals surface area contributed by atoms with Crippen molar-refractivity contribution in [2.24, 2.45) is 5.10 Å². The molecule has 0 radical (unpaired) electrons. The van der Waals surface area contributed by atoms with Gasteiger partial charge in [-0.1, -0.05) is 54.6 Å². The van der Waals surface area contributed by atoms with Crippen LogP contribution >= 0.6 is 11.6 Å². The first kappa shape index (κ1) is 22.9. The van der Waals surface area contributed by atoms with Crippen LogP contribution in [0.4, 0.5) is 0 Å². The molecule has 0 aliphatic carbocycles. The predicted molar refractivity (Wildman–Crippen MR) is 126 cm³/mol. The zero-order valence-corrected chi connectivity index (χ0v) is 18.3. The number of hydrogen-bond acceptors (Lipinski definition) is 5. The molecule has 3 aromatic rings. The quantitative estimate of drug-likeness (QED) is 0.260. The Bertz CT molecular complexity index is 1110. The summed E-state index contributed by atoms with van der Waals surface area (Å²) >= 11 is 6.19. The SMILES string of the molecule is C=CCOc1ccc(C(=O)N/N=C/c2ccccc2OCc2ccccc2Cl)cc1OC. The number of rotatable bonds is 10. The fraction of sp³-hybridized carbons (Fsp3) is 0.120. The summed E-state index contributed by atoms with van der Waals surface area (Å²) in [5, 5.41) is 4.70. The molecule has 7 heteroatoms. The third kappa shape index (κ3) is 6.12. The van der Waals surface area contributed by atoms with Crippen molar-refractivity contribution in [2.45, 2.75) is 6.61 Å². The van der Waals surface area contributed by atoms with Gasteiger partial charge in [0.1, 0.15) is 19.0 Å². The van der Waals surface area contributed by atoms with Crippen molar-refractivity contribution < 1.29 is 19.0 Å². The number of para-hydroxylation sites is 1. The smallest absolute Gasteiger partial charge is 0.271 e. The lowest BCUT2D eigenvalue weighted by molar-refractivity contribution is 0.0954. The van der Waals surface area contributed by atoms with E-state index in [1.807, 2.05) is 48.5 Å². The van der Waals surface area contributed by atoms with Crippen LogP contribution < -0.4 is 19.6 Å². The molecule has 32 heavy (non-hydrogen) atoms. The molecule has 0 aliphatic rings. The van der Waals surface area contributed by atoms with Gasteiger partial charge in [0.05, 0.1) is 13.3 Å². The highest BCUT2D eigenvalue weighted by Gasteiger charge is 2.11. The third-order valence-corrected chi connectivity index (χ3v) is 4.78. The van der Waals surface area contributed by atoms with Crippen molar-refractivity contribution in [3.8, 4) is 17.2 Å². The Hall–Kier alpha value is -3.77. The predicted octanol–water partition coefficient (Wildman–Crippen LogP) is 5.26. The number of amides is 1. The normalized spacial score (nSPS) is 10.6. The maximum Gasteiger partial charge on any atom is 0.271 e. The van der Waals surface area contributed by atoms with Gasteiger partial charge >= 0.3 is 0 Å². The molecule has 3 aromatic carbocycles. The average molecular weight is 451 g/mol. The molecule has 164 valence electrons. The van der Waals surface area contributed by atoms with Crippen molar-refractivity contribution >= 4 is 23.7 Å². The summed E-state index contributed by atoms with van der Waals surface area (Å²) in [6.07, 6.45) is 3.16. The lowest BCUT2D eigenvalue weighted by Crippen LogP contribution is -2.17. The second-order valence-electron chi connectivity index (χ2n) is 6.58. The molecule has 1 N–H and O–H groups in total. The zero-order chi connectivity index (χ0) is 22.8. The molecule has 3 rings (SSSR count). The summed E-state index contributed by atoms with van der Waals surface area (Å²) in [6, 6.07) is 19.8. The summed E-state index contributed by atoms with van der Waals surface area (Å²) in [5.74, 6) is 1.21. The molecule has 0 heterocycles. The number of nitrogens with one attached hydrogen (secondary N) is 1. The van der Waals surface area contributed by atoms with Crippen molar-refractivity contribution in [1.29, 1.82) is 0 Å². The number of ether oxygens (including phenoxy) is 3. The number of halogens is 1. The first-order valence-corrected chi connectivity index (χ1v) is 10.2. The van der Waals surface area contributed by atoms with E-state index in [4.69, 9.17) is 25.8 Å². The molecule has 0 atom stereocenters. The van der Waals surface area contributed by atoms with Crippen LogP contribution in [0.1, 0.15) is 21.5 Å². The number of hydrogen-bond donors (Lipinski definition) is 1. The van der Waals surface area contributed by atoms with Gasteiger partial charge in [0.25, 0.3) is 5.91 Å². The van der Waals surface area contributed by atoms with Crippen molar-refractivity contribution in [1.82, 2.24) is 5.43 Å². The summed E-state index contributed by atoms with van der Waals surface area (Å²) in [6.45, 7) is 4.27. The Morgan fingerprint density at radius 3 is 2.59 bits per heavy atom. The van der Waals surface area contributed by atoms with E-state index in [0.717, 1.165) is 5.56 Å². The zero-order valence-electron chi connectivity index (χ0n) is 17.6. The van der Waals surface area contributed by atoms with E-state index in [0.29, 0.717) is 46.6 Å². The monoisotopic (exact) mass is 450 g/mol. The second-order valence-corrected chi connectivity index (χ2v) is 6.99. The maximum absolute atomic E-state index is 12.5. The molecule has 0 spiro atoms. The lowest BCUT2D eigenvalue weighted by atomic mass is 10.2. The van der Waals surface area contributed by atoms with Crippen LogP contribution in [0.15, 0.2) is 84.5 Å². The number of carbonyl (C=O) groups is 1. The molecule has 0 saturated heterocycles. The molecule has 0 saturated carbocycles. The molecule has 0 fully saturated rings. The van der Waals surface area contributed by atoms with Crippen molar-refractivity contribution in [2.75, 3.05) is 13.7 Å². The van der Waals surface area contributed by atoms with Gasteiger partial charge < -0.3 is 14.2 Å². The number of carbonyl (C=O) groups excluding carboxylic acids is 1. The van der Waals surface area contributed by atoms with Crippen molar-refractivity contribution in [3.63, 3.8) is 0 Å². The van der Waals surface area contributed by atoms with Gasteiger partial charge in [-0.3, -0.25) is 4.79 Å². The molecule has 0 aliphatic heterocycles. The van der Waals surface area contributed by atoms with Gasteiger partial charge in [-0.25, -0.2) is 5.43 Å². The highest BCUT2D eigenvalue weighted by atomic mass is 35.5. The van der Waals surface area contributed by atoms with E-state index < -0.39 is 0 Å². The standard InChI is InChI=1S/C25H23ClN2O4/c1-3-14-31-23-13-12-18(15-24(23)30-2)25(29)28-27-16-19-8-5-7-11-22(19)32-17-20-9-4-6-10-21(20)26/h3-13,15-16H,1,14,17H2,2H3,(H,28,29)/b27-16+. The molecular weight excluding hydrogens is 428 g/mol. The molecule has 0 unspecified atom stereocenters. The topological polar surface area (TPSA) is 69.2 Å². The molecule has 0 aromatic heterocycles. The fourth-order valence-electron chi connectivity index (χ4n) is 2.79. The van der Waals surface area contributed by atoms with E-state index >= 15 is 0 Å². The van der Waals surface area contributed by atoms with E-state index in [1.165, 1.54) is 13.3 Å². The van der Waals surface area contributed by atoms with Gasteiger partial charge in [-0.05, 0) is 36.4 Å². The van der Waals surface area contributed by atoms with Gasteiger partial charge in [0, 0.05) is 21.7 Å². The summed E-state index contributed by atoms with van der Waals surface area (Å²) in [5.41, 5.74) is 4.49. The minimum absolute atomic E-state index is 0.316. The Morgan fingerprint density at radius 2 is 1.81 bits per heavy atom. The lowest BCUT2D eigenvalue weighted by Gasteiger charge is -2.11. The van der Waals surface area contributed by atoms with Gasteiger partial charge in [-0.2, -0.15) is 5.10 Å². The first-order chi connectivity index (χ1) is 15.6. The van der Waals surface area contributed by atoms with Gasteiger partial charge in [0.2, 0.25) is 0 Å². The Kier molecular flexibility index (Phi) is 8.29. The minimum atomic E-state index is -0.385. The summed E-state index contributed by atoms with van der Waals surface area (Å²) in [4.78, 5) is 12.5. The number of methoxy groups -OCH3 is 1. The van der Waals surface area contributed by atoms with E-state index in [1.54, 1.807) is 24.3 Å². The number of hydrazone groups is 1. The minimum Gasteiger partial charge on any atom is -0.493 e. The summed E-state index contributed by atoms with van der Waals surface area (Å²) < 4.78 is 16.7. The third-order valence-electron chi connectivity index (χ3n) is 4.41. The number of nitrogens with zero attached hydrogens (tertiary/aromatic N) is 1. The van der Waals surface area contributed by atoms with Crippen LogP contribution in [0.25, 0.3) is 0 Å². The average Bonchev–Trinajstić information content (AvgIpc) is 2.82. The Morgan fingerprint density at radius 1 is 1.03 bits per heavy atom. The van der Waals surface area contributed by atoms with Crippen LogP contribution in [-0.4, -0.2) is 25.8 Å². The Balaban J connectivity index is 1.65. The highest BCUT2D eigenvalue weighted by molar-refractivity contribution is 6.31. The van der Waals surface area contributed by atoms with Crippen molar-refractivity contribution in [3.05, 3.63) is 101 Å². The molecule has 1 amide bonds. The highest BCUT2D eigenvalue weighted by Crippen LogP contribution is 2.28. The fourth-order valence-corrected chi connectivity index (χ4v) is 2.98. The van der Waals surface area contributed by atoms with Crippen LogP contribution in [0.2, 0.25) is 5.02 Å². The maximum atomic E-state index is 12.5. The second kappa shape index (κ2) is 11.6. The van der Waals surface area contributed by atoms with E-state index in [2.05, 4.69) is 17.1 Å². The first-order valence-electron chi connectivity index (χ1n) is 9.82. The van der Waals surface area contributed by atoms with Crippen LogP contribution in [0, 0.1) is 0 Å². The Labute approximate surface area is 192 Å². The van der Waals surface area contributed by atoms with Crippen LogP contribution in [-0.2, 0) is 6.61 Å².